The maximum Gasteiger partial charge on any atom is 0.169 e. The highest BCUT2D eigenvalue weighted by molar-refractivity contribution is 8.00. The van der Waals surface area contributed by atoms with Gasteiger partial charge in [0.1, 0.15) is 0 Å². The van der Waals surface area contributed by atoms with Crippen LogP contribution in [0.5, 0.6) is 0 Å². The topological polar surface area (TPSA) is 30.9 Å². The average Bonchev–Trinajstić information content (AvgIpc) is 2.37. The van der Waals surface area contributed by atoms with E-state index in [0.717, 1.165) is 32.8 Å². The molecule has 0 amide bonds. The maximum absolute atomic E-state index is 5.47. The molecular weight excluding hydrogens is 238 g/mol. The van der Waals surface area contributed by atoms with Crippen LogP contribution < -0.4 is 0 Å². The van der Waals surface area contributed by atoms with Crippen molar-refractivity contribution in [3.63, 3.8) is 0 Å². The van der Waals surface area contributed by atoms with E-state index in [-0.39, 0.29) is 6.29 Å². The van der Waals surface area contributed by atoms with Crippen molar-refractivity contribution in [2.45, 2.75) is 23.9 Å². The van der Waals surface area contributed by atoms with Gasteiger partial charge in [-0.15, -0.1) is 0 Å². The van der Waals surface area contributed by atoms with Gasteiger partial charge < -0.3 is 14.2 Å². The number of nitrogens with zero attached hydrogens (tertiary/aromatic N) is 1. The lowest BCUT2D eigenvalue weighted by Gasteiger charge is -2.45. The molecule has 2 aliphatic rings. The molecule has 0 aromatic heterocycles. The van der Waals surface area contributed by atoms with E-state index in [1.807, 2.05) is 0 Å². The van der Waals surface area contributed by atoms with Crippen LogP contribution in [-0.2, 0) is 14.2 Å². The fourth-order valence-corrected chi connectivity index (χ4v) is 4.09. The van der Waals surface area contributed by atoms with Crippen LogP contribution in [0.4, 0.5) is 0 Å². The van der Waals surface area contributed by atoms with Crippen LogP contribution in [0.1, 0.15) is 12.8 Å². The minimum Gasteiger partial charge on any atom is -0.381 e. The summed E-state index contributed by atoms with van der Waals surface area (Å²) in [5.41, 5.74) is 0. The third-order valence-electron chi connectivity index (χ3n) is 3.66. The molecule has 4 nitrogen and oxygen atoms in total. The zero-order valence-electron chi connectivity index (χ0n) is 10.8. The van der Waals surface area contributed by atoms with Crippen LogP contribution >= 0.6 is 11.8 Å². The molecule has 2 saturated heterocycles. The van der Waals surface area contributed by atoms with Gasteiger partial charge in [-0.3, -0.25) is 4.90 Å². The molecule has 0 aromatic rings. The quantitative estimate of drug-likeness (QED) is 0.710. The van der Waals surface area contributed by atoms with Gasteiger partial charge in [-0.05, 0) is 12.8 Å². The summed E-state index contributed by atoms with van der Waals surface area (Å²) >= 11 is 2.13. The van der Waals surface area contributed by atoms with E-state index < -0.39 is 0 Å². The Morgan fingerprint density at radius 3 is 2.65 bits per heavy atom. The molecule has 2 rings (SSSR count). The molecule has 2 heterocycles. The third-order valence-corrected chi connectivity index (χ3v) is 5.20. The summed E-state index contributed by atoms with van der Waals surface area (Å²) < 4.78 is 16.5. The summed E-state index contributed by atoms with van der Waals surface area (Å²) in [5.74, 6) is 1.21. The Morgan fingerprint density at radius 2 is 2.00 bits per heavy atom. The van der Waals surface area contributed by atoms with Crippen molar-refractivity contribution in [1.29, 1.82) is 0 Å². The Balaban J connectivity index is 1.87. The van der Waals surface area contributed by atoms with Gasteiger partial charge in [-0.1, -0.05) is 0 Å². The predicted octanol–water partition coefficient (Wildman–Crippen LogP) is 1.20. The van der Waals surface area contributed by atoms with Gasteiger partial charge in [-0.25, -0.2) is 0 Å². The molecule has 0 bridgehead atoms. The largest absolute Gasteiger partial charge is 0.381 e. The molecule has 0 N–H and O–H groups in total. The smallest absolute Gasteiger partial charge is 0.169 e. The van der Waals surface area contributed by atoms with Crippen LogP contribution in [0, 0.1) is 0 Å². The number of methoxy groups -OCH3 is 2. The molecule has 0 unspecified atom stereocenters. The highest BCUT2D eigenvalue weighted by Crippen LogP contribution is 2.39. The molecule has 0 radical (unpaired) electrons. The first kappa shape index (κ1) is 13.6. The zero-order chi connectivity index (χ0) is 12.1. The molecular formula is C12H23NO3S. The van der Waals surface area contributed by atoms with Crippen molar-refractivity contribution in [2.75, 3.05) is 52.8 Å². The predicted molar refractivity (Wildman–Crippen MR) is 69.5 cm³/mol. The van der Waals surface area contributed by atoms with Crippen molar-refractivity contribution in [3.05, 3.63) is 0 Å². The summed E-state index contributed by atoms with van der Waals surface area (Å²) in [6, 6.07) is 0. The SMILES string of the molecule is COC(CN1CCSC2(CCOCC2)C1)OC. The van der Waals surface area contributed by atoms with Crippen molar-refractivity contribution in [2.24, 2.45) is 0 Å². The molecule has 1 spiro atoms. The molecule has 2 fully saturated rings. The first-order valence-electron chi connectivity index (χ1n) is 6.28. The van der Waals surface area contributed by atoms with E-state index in [4.69, 9.17) is 14.2 Å². The van der Waals surface area contributed by atoms with Crippen LogP contribution in [0.25, 0.3) is 0 Å². The van der Waals surface area contributed by atoms with Crippen molar-refractivity contribution in [3.8, 4) is 0 Å². The van der Waals surface area contributed by atoms with Crippen LogP contribution in [0.15, 0.2) is 0 Å². The average molecular weight is 261 g/mol. The van der Waals surface area contributed by atoms with E-state index in [0.29, 0.717) is 4.75 Å². The van der Waals surface area contributed by atoms with Gasteiger partial charge in [0.2, 0.25) is 0 Å². The van der Waals surface area contributed by atoms with E-state index in [9.17, 15) is 0 Å². The van der Waals surface area contributed by atoms with Gasteiger partial charge in [0, 0.05) is 57.6 Å². The van der Waals surface area contributed by atoms with Crippen molar-refractivity contribution >= 4 is 11.8 Å². The van der Waals surface area contributed by atoms with Crippen LogP contribution in [0.2, 0.25) is 0 Å². The van der Waals surface area contributed by atoms with Crippen LogP contribution in [0.3, 0.4) is 0 Å². The Kier molecular flexibility index (Phi) is 5.11. The Morgan fingerprint density at radius 1 is 1.29 bits per heavy atom. The van der Waals surface area contributed by atoms with E-state index in [2.05, 4.69) is 16.7 Å². The van der Waals surface area contributed by atoms with Gasteiger partial charge in [0.15, 0.2) is 6.29 Å². The zero-order valence-corrected chi connectivity index (χ0v) is 11.6. The lowest BCUT2D eigenvalue weighted by Crippen LogP contribution is -2.51. The highest BCUT2D eigenvalue weighted by Gasteiger charge is 2.38. The highest BCUT2D eigenvalue weighted by atomic mass is 32.2. The third kappa shape index (κ3) is 3.58. The molecule has 0 aromatic carbocycles. The Labute approximate surface area is 108 Å². The number of hydrogen-bond donors (Lipinski definition) is 0. The van der Waals surface area contributed by atoms with Crippen molar-refractivity contribution < 1.29 is 14.2 Å². The minimum atomic E-state index is -0.102. The summed E-state index contributed by atoms with van der Waals surface area (Å²) in [6.45, 7) is 4.98. The van der Waals surface area contributed by atoms with Crippen LogP contribution in [-0.4, -0.2) is 68.8 Å². The van der Waals surface area contributed by atoms with Gasteiger partial charge >= 0.3 is 0 Å². The standard InChI is InChI=1S/C12H23NO3S/c1-14-11(15-2)9-13-5-8-17-12(10-13)3-6-16-7-4-12/h11H,3-10H2,1-2H3. The Bertz CT molecular complexity index is 224. The molecule has 100 valence electrons. The van der Waals surface area contributed by atoms with E-state index >= 15 is 0 Å². The molecule has 0 atom stereocenters. The summed E-state index contributed by atoms with van der Waals surface area (Å²) in [6.07, 6.45) is 2.26. The summed E-state index contributed by atoms with van der Waals surface area (Å²) in [5, 5.41) is 0. The molecule has 5 heteroatoms. The maximum atomic E-state index is 5.47. The lowest BCUT2D eigenvalue weighted by molar-refractivity contribution is -0.117. The first-order valence-corrected chi connectivity index (χ1v) is 7.26. The summed E-state index contributed by atoms with van der Waals surface area (Å²) in [4.78, 5) is 2.47. The number of rotatable bonds is 4. The molecule has 0 aliphatic carbocycles. The minimum absolute atomic E-state index is 0.102. The second kappa shape index (κ2) is 6.38. The lowest BCUT2D eigenvalue weighted by atomic mass is 9.98. The summed E-state index contributed by atoms with van der Waals surface area (Å²) in [7, 11) is 3.41. The first-order chi connectivity index (χ1) is 8.28. The Hall–Kier alpha value is 0.190. The van der Waals surface area contributed by atoms with Gasteiger partial charge in [0.25, 0.3) is 0 Å². The fraction of sp³-hybridized carbons (Fsp3) is 1.00. The monoisotopic (exact) mass is 261 g/mol. The number of thioether (sulfide) groups is 1. The number of hydrogen-bond acceptors (Lipinski definition) is 5. The second-order valence-electron chi connectivity index (χ2n) is 4.78. The van der Waals surface area contributed by atoms with E-state index in [1.165, 1.54) is 18.6 Å². The molecule has 17 heavy (non-hydrogen) atoms. The van der Waals surface area contributed by atoms with Gasteiger partial charge in [0.05, 0.1) is 0 Å². The van der Waals surface area contributed by atoms with Gasteiger partial charge in [-0.2, -0.15) is 11.8 Å². The number of ether oxygens (including phenoxy) is 3. The normalized spacial score (nSPS) is 25.6. The van der Waals surface area contributed by atoms with E-state index in [1.54, 1.807) is 14.2 Å². The second-order valence-corrected chi connectivity index (χ2v) is 6.34. The molecule has 2 aliphatic heterocycles. The molecule has 0 saturated carbocycles. The fourth-order valence-electron chi connectivity index (χ4n) is 2.58. The van der Waals surface area contributed by atoms with Crippen molar-refractivity contribution in [1.82, 2.24) is 4.90 Å².